The topological polar surface area (TPSA) is 67.2 Å². The van der Waals surface area contributed by atoms with Gasteiger partial charge < -0.3 is 10.2 Å². The van der Waals surface area contributed by atoms with Crippen molar-refractivity contribution in [1.82, 2.24) is 20.0 Å². The highest BCUT2D eigenvalue weighted by Crippen LogP contribution is 2.11. The Bertz CT molecular complexity index is 442. The molecule has 0 saturated carbocycles. The fourth-order valence-electron chi connectivity index (χ4n) is 2.18. The second-order valence-electron chi connectivity index (χ2n) is 5.13. The van der Waals surface area contributed by atoms with Crippen LogP contribution in [-0.4, -0.2) is 45.6 Å². The maximum Gasteiger partial charge on any atom is 0.245 e. The molecule has 1 aromatic heterocycles. The average molecular weight is 264 g/mol. The van der Waals surface area contributed by atoms with Crippen LogP contribution in [0, 0.1) is 5.92 Å². The van der Waals surface area contributed by atoms with E-state index in [4.69, 9.17) is 0 Å². The quantitative estimate of drug-likeness (QED) is 0.848. The Kier molecular flexibility index (Phi) is 4.19. The van der Waals surface area contributed by atoms with Crippen LogP contribution in [0.4, 0.5) is 0 Å². The first-order valence-corrected chi connectivity index (χ1v) is 6.63. The van der Waals surface area contributed by atoms with Crippen molar-refractivity contribution in [2.45, 2.75) is 32.9 Å². The molecule has 2 rings (SSSR count). The zero-order valence-electron chi connectivity index (χ0n) is 11.4. The van der Waals surface area contributed by atoms with E-state index < -0.39 is 6.04 Å². The van der Waals surface area contributed by atoms with Crippen molar-refractivity contribution in [3.05, 3.63) is 18.5 Å². The average Bonchev–Trinajstić information content (AvgIpc) is 2.83. The van der Waals surface area contributed by atoms with E-state index in [2.05, 4.69) is 10.4 Å². The Balaban J connectivity index is 2.01. The number of amides is 2. The molecule has 1 atom stereocenters. The van der Waals surface area contributed by atoms with Crippen LogP contribution in [0.25, 0.3) is 0 Å². The Morgan fingerprint density at radius 1 is 1.42 bits per heavy atom. The van der Waals surface area contributed by atoms with E-state index in [1.165, 1.54) is 0 Å². The molecule has 19 heavy (non-hydrogen) atoms. The van der Waals surface area contributed by atoms with Crippen molar-refractivity contribution in [1.29, 1.82) is 0 Å². The molecule has 0 radical (unpaired) electrons. The molecule has 0 aromatic carbocycles. The van der Waals surface area contributed by atoms with E-state index in [0.29, 0.717) is 26.1 Å². The molecule has 6 nitrogen and oxygen atoms in total. The van der Waals surface area contributed by atoms with Gasteiger partial charge in [0.25, 0.3) is 0 Å². The molecule has 1 unspecified atom stereocenters. The Morgan fingerprint density at radius 2 is 2.21 bits per heavy atom. The zero-order chi connectivity index (χ0) is 13.8. The molecular weight excluding hydrogens is 244 g/mol. The summed E-state index contributed by atoms with van der Waals surface area (Å²) in [5.41, 5.74) is 0. The summed E-state index contributed by atoms with van der Waals surface area (Å²) in [5, 5.41) is 6.91. The van der Waals surface area contributed by atoms with Crippen molar-refractivity contribution < 1.29 is 9.59 Å². The van der Waals surface area contributed by atoms with E-state index in [0.717, 1.165) is 0 Å². The van der Waals surface area contributed by atoms with Crippen molar-refractivity contribution >= 4 is 11.8 Å². The summed E-state index contributed by atoms with van der Waals surface area (Å²) >= 11 is 0. The highest BCUT2D eigenvalue weighted by molar-refractivity contribution is 5.90. The summed E-state index contributed by atoms with van der Waals surface area (Å²) in [6.45, 7) is 5.60. The molecule has 1 aromatic rings. The van der Waals surface area contributed by atoms with Crippen LogP contribution in [0.1, 0.15) is 20.3 Å². The van der Waals surface area contributed by atoms with Gasteiger partial charge in [0.2, 0.25) is 11.8 Å². The van der Waals surface area contributed by atoms with E-state index in [9.17, 15) is 9.59 Å². The fraction of sp³-hybridized carbons (Fsp3) is 0.615. The number of hydrogen-bond acceptors (Lipinski definition) is 3. The van der Waals surface area contributed by atoms with E-state index in [1.807, 2.05) is 26.1 Å². The summed E-state index contributed by atoms with van der Waals surface area (Å²) in [6.07, 6.45) is 3.95. The van der Waals surface area contributed by atoms with Crippen LogP contribution >= 0.6 is 0 Å². The molecule has 0 bridgehead atoms. The van der Waals surface area contributed by atoms with Crippen LogP contribution in [0.15, 0.2) is 18.5 Å². The Labute approximate surface area is 112 Å². The minimum Gasteiger partial charge on any atom is -0.344 e. The first-order chi connectivity index (χ1) is 9.08. The normalized spacial score (nSPS) is 20.6. The highest BCUT2D eigenvalue weighted by atomic mass is 16.2. The lowest BCUT2D eigenvalue weighted by Crippen LogP contribution is -2.48. The lowest BCUT2D eigenvalue weighted by Gasteiger charge is -2.26. The molecule has 6 heteroatoms. The number of hydrogen-bond donors (Lipinski definition) is 1. The maximum atomic E-state index is 12.4. The smallest absolute Gasteiger partial charge is 0.245 e. The first kappa shape index (κ1) is 13.6. The van der Waals surface area contributed by atoms with Crippen molar-refractivity contribution in [2.75, 3.05) is 13.1 Å². The largest absolute Gasteiger partial charge is 0.344 e. The lowest BCUT2D eigenvalue weighted by atomic mass is 10.0. The number of carbonyl (C=O) groups is 2. The van der Waals surface area contributed by atoms with Crippen LogP contribution in [0.2, 0.25) is 0 Å². The van der Waals surface area contributed by atoms with E-state index >= 15 is 0 Å². The number of aromatic nitrogens is 2. The van der Waals surface area contributed by atoms with Gasteiger partial charge >= 0.3 is 0 Å². The van der Waals surface area contributed by atoms with Crippen LogP contribution in [-0.2, 0) is 16.1 Å². The standard InChI is InChI=1S/C13H20N4O2/c1-10(2)12-13(19)16(7-4-11(18)15-12)8-9-17-6-3-5-14-17/h3,5-6,10,12H,4,7-9H2,1-2H3,(H,15,18). The predicted octanol–water partition coefficient (Wildman–Crippen LogP) is 0.256. The van der Waals surface area contributed by atoms with Crippen molar-refractivity contribution in [2.24, 2.45) is 5.92 Å². The molecule has 2 heterocycles. The van der Waals surface area contributed by atoms with Gasteiger partial charge in [-0.15, -0.1) is 0 Å². The lowest BCUT2D eigenvalue weighted by molar-refractivity contribution is -0.134. The minimum atomic E-state index is -0.410. The summed E-state index contributed by atoms with van der Waals surface area (Å²) in [7, 11) is 0. The summed E-state index contributed by atoms with van der Waals surface area (Å²) in [4.78, 5) is 25.7. The Morgan fingerprint density at radius 3 is 2.84 bits per heavy atom. The maximum absolute atomic E-state index is 12.4. The number of carbonyl (C=O) groups excluding carboxylic acids is 2. The number of rotatable bonds is 4. The van der Waals surface area contributed by atoms with Gasteiger partial charge in [0.1, 0.15) is 6.04 Å². The molecule has 104 valence electrons. The van der Waals surface area contributed by atoms with Gasteiger partial charge in [-0.1, -0.05) is 13.8 Å². The number of nitrogens with one attached hydrogen (secondary N) is 1. The van der Waals surface area contributed by atoms with Gasteiger partial charge in [-0.3, -0.25) is 14.3 Å². The van der Waals surface area contributed by atoms with Crippen LogP contribution in [0.3, 0.4) is 0 Å². The molecule has 0 aliphatic carbocycles. The zero-order valence-corrected chi connectivity index (χ0v) is 11.4. The van der Waals surface area contributed by atoms with Gasteiger partial charge in [-0.05, 0) is 12.0 Å². The second kappa shape index (κ2) is 5.86. The minimum absolute atomic E-state index is 0.00741. The third-order valence-electron chi connectivity index (χ3n) is 3.33. The summed E-state index contributed by atoms with van der Waals surface area (Å²) in [6, 6.07) is 1.44. The number of nitrogens with zero attached hydrogens (tertiary/aromatic N) is 3. The first-order valence-electron chi connectivity index (χ1n) is 6.63. The molecule has 1 saturated heterocycles. The van der Waals surface area contributed by atoms with Crippen LogP contribution in [0.5, 0.6) is 0 Å². The molecule has 1 aliphatic rings. The molecule has 1 fully saturated rings. The highest BCUT2D eigenvalue weighted by Gasteiger charge is 2.31. The fourth-order valence-corrected chi connectivity index (χ4v) is 2.18. The van der Waals surface area contributed by atoms with Crippen LogP contribution < -0.4 is 5.32 Å². The summed E-state index contributed by atoms with van der Waals surface area (Å²) in [5.74, 6) is 0.0587. The van der Waals surface area contributed by atoms with E-state index in [-0.39, 0.29) is 17.7 Å². The van der Waals surface area contributed by atoms with E-state index in [1.54, 1.807) is 15.8 Å². The monoisotopic (exact) mass is 264 g/mol. The summed E-state index contributed by atoms with van der Waals surface area (Å²) < 4.78 is 1.79. The second-order valence-corrected chi connectivity index (χ2v) is 5.13. The molecule has 1 N–H and O–H groups in total. The molecular formula is C13H20N4O2. The van der Waals surface area contributed by atoms with Gasteiger partial charge in [-0.25, -0.2) is 0 Å². The van der Waals surface area contributed by atoms with Gasteiger partial charge in [0, 0.05) is 31.9 Å². The Hall–Kier alpha value is -1.85. The third-order valence-corrected chi connectivity index (χ3v) is 3.33. The third kappa shape index (κ3) is 3.33. The van der Waals surface area contributed by atoms with Crippen molar-refractivity contribution in [3.63, 3.8) is 0 Å². The van der Waals surface area contributed by atoms with Gasteiger partial charge in [-0.2, -0.15) is 5.10 Å². The molecule has 1 aliphatic heterocycles. The molecule has 2 amide bonds. The van der Waals surface area contributed by atoms with Gasteiger partial charge in [0.15, 0.2) is 0 Å². The van der Waals surface area contributed by atoms with Gasteiger partial charge in [0.05, 0.1) is 6.54 Å². The predicted molar refractivity (Wildman–Crippen MR) is 70.2 cm³/mol. The molecule has 0 spiro atoms. The SMILES string of the molecule is CC(C)C1NC(=O)CCN(CCn2cccn2)C1=O. The van der Waals surface area contributed by atoms with Crippen molar-refractivity contribution in [3.8, 4) is 0 Å².